The summed E-state index contributed by atoms with van der Waals surface area (Å²) in [6.07, 6.45) is 8.40. The Balaban J connectivity index is 2.11. The molecule has 1 heterocycles. The third-order valence-corrected chi connectivity index (χ3v) is 3.50. The standard InChI is InChI=1S/C13H20N2O/c14-9-12-7-4-8-15(13(12)16)10-11-5-2-1-3-6-11/h4,7-8,11H,1-3,5-6,9-10,14H2. The summed E-state index contributed by atoms with van der Waals surface area (Å²) in [7, 11) is 0. The highest BCUT2D eigenvalue weighted by atomic mass is 16.1. The molecule has 0 atom stereocenters. The molecule has 0 saturated heterocycles. The number of aromatic nitrogens is 1. The molecule has 1 aliphatic carbocycles. The molecule has 0 aliphatic heterocycles. The quantitative estimate of drug-likeness (QED) is 0.845. The third-order valence-electron chi connectivity index (χ3n) is 3.50. The van der Waals surface area contributed by atoms with Gasteiger partial charge in [-0.3, -0.25) is 4.79 Å². The fraction of sp³-hybridized carbons (Fsp3) is 0.615. The van der Waals surface area contributed by atoms with Gasteiger partial charge in [-0.05, 0) is 24.8 Å². The van der Waals surface area contributed by atoms with Gasteiger partial charge in [-0.15, -0.1) is 0 Å². The second-order valence-electron chi connectivity index (χ2n) is 4.70. The summed E-state index contributed by atoms with van der Waals surface area (Å²) >= 11 is 0. The van der Waals surface area contributed by atoms with Gasteiger partial charge in [0.1, 0.15) is 0 Å². The third kappa shape index (κ3) is 2.53. The summed E-state index contributed by atoms with van der Waals surface area (Å²) in [5.41, 5.74) is 6.35. The lowest BCUT2D eigenvalue weighted by atomic mass is 9.89. The molecular weight excluding hydrogens is 200 g/mol. The molecule has 0 spiro atoms. The average Bonchev–Trinajstić information content (AvgIpc) is 2.33. The first-order valence-corrected chi connectivity index (χ1v) is 6.19. The number of pyridine rings is 1. The molecule has 0 amide bonds. The molecule has 1 saturated carbocycles. The predicted molar refractivity (Wildman–Crippen MR) is 65.2 cm³/mol. The number of hydrogen-bond donors (Lipinski definition) is 1. The Morgan fingerprint density at radius 1 is 1.31 bits per heavy atom. The molecule has 1 aliphatic rings. The van der Waals surface area contributed by atoms with Gasteiger partial charge in [0, 0.05) is 24.8 Å². The lowest BCUT2D eigenvalue weighted by Gasteiger charge is -2.22. The van der Waals surface area contributed by atoms with Gasteiger partial charge in [-0.25, -0.2) is 0 Å². The van der Waals surface area contributed by atoms with Crippen LogP contribution in [0.4, 0.5) is 0 Å². The Kier molecular flexibility index (Phi) is 3.78. The molecule has 16 heavy (non-hydrogen) atoms. The van der Waals surface area contributed by atoms with E-state index in [9.17, 15) is 4.79 Å². The van der Waals surface area contributed by atoms with Crippen LogP contribution in [-0.4, -0.2) is 4.57 Å². The van der Waals surface area contributed by atoms with Crippen molar-refractivity contribution in [3.05, 3.63) is 34.2 Å². The number of hydrogen-bond acceptors (Lipinski definition) is 2. The molecule has 1 fully saturated rings. The van der Waals surface area contributed by atoms with Crippen LogP contribution in [0.15, 0.2) is 23.1 Å². The van der Waals surface area contributed by atoms with Crippen molar-refractivity contribution in [2.24, 2.45) is 11.7 Å². The van der Waals surface area contributed by atoms with Gasteiger partial charge in [-0.2, -0.15) is 0 Å². The Labute approximate surface area is 96.3 Å². The van der Waals surface area contributed by atoms with E-state index in [1.807, 2.05) is 22.9 Å². The van der Waals surface area contributed by atoms with E-state index >= 15 is 0 Å². The summed E-state index contributed by atoms with van der Waals surface area (Å²) in [6.45, 7) is 1.21. The zero-order valence-electron chi connectivity index (χ0n) is 9.69. The van der Waals surface area contributed by atoms with E-state index in [2.05, 4.69) is 0 Å². The summed E-state index contributed by atoms with van der Waals surface area (Å²) in [5.74, 6) is 0.680. The van der Waals surface area contributed by atoms with Crippen LogP contribution in [0.25, 0.3) is 0 Å². The molecule has 0 unspecified atom stereocenters. The second-order valence-corrected chi connectivity index (χ2v) is 4.70. The van der Waals surface area contributed by atoms with Crippen molar-refractivity contribution >= 4 is 0 Å². The molecule has 2 rings (SSSR count). The highest BCUT2D eigenvalue weighted by molar-refractivity contribution is 5.09. The molecule has 3 heteroatoms. The molecule has 1 aromatic heterocycles. The molecule has 1 aromatic rings. The molecule has 3 nitrogen and oxygen atoms in total. The van der Waals surface area contributed by atoms with Gasteiger partial charge in [0.25, 0.3) is 5.56 Å². The highest BCUT2D eigenvalue weighted by Gasteiger charge is 2.14. The van der Waals surface area contributed by atoms with E-state index < -0.39 is 0 Å². The minimum Gasteiger partial charge on any atom is -0.326 e. The fourth-order valence-electron chi connectivity index (χ4n) is 2.53. The van der Waals surface area contributed by atoms with Crippen molar-refractivity contribution in [2.45, 2.75) is 45.2 Å². The van der Waals surface area contributed by atoms with Crippen LogP contribution in [0.3, 0.4) is 0 Å². The fourth-order valence-corrected chi connectivity index (χ4v) is 2.53. The van der Waals surface area contributed by atoms with Gasteiger partial charge in [0.05, 0.1) is 0 Å². The minimum absolute atomic E-state index is 0.0931. The van der Waals surface area contributed by atoms with E-state index in [4.69, 9.17) is 5.73 Å². The molecule has 88 valence electrons. The summed E-state index contributed by atoms with van der Waals surface area (Å²) < 4.78 is 1.83. The topological polar surface area (TPSA) is 48.0 Å². The van der Waals surface area contributed by atoms with Crippen LogP contribution in [0, 0.1) is 5.92 Å². The average molecular weight is 220 g/mol. The van der Waals surface area contributed by atoms with Crippen LogP contribution >= 0.6 is 0 Å². The SMILES string of the molecule is NCc1cccn(CC2CCCCC2)c1=O. The van der Waals surface area contributed by atoms with Crippen molar-refractivity contribution in [3.63, 3.8) is 0 Å². The largest absolute Gasteiger partial charge is 0.326 e. The van der Waals surface area contributed by atoms with Gasteiger partial charge in [-0.1, -0.05) is 25.3 Å². The van der Waals surface area contributed by atoms with E-state index in [0.29, 0.717) is 12.5 Å². The summed E-state index contributed by atoms with van der Waals surface area (Å²) in [4.78, 5) is 12.0. The van der Waals surface area contributed by atoms with Gasteiger partial charge in [0.2, 0.25) is 0 Å². The van der Waals surface area contributed by atoms with Gasteiger partial charge < -0.3 is 10.3 Å². The van der Waals surface area contributed by atoms with Crippen molar-refractivity contribution in [2.75, 3.05) is 0 Å². The maximum Gasteiger partial charge on any atom is 0.255 e. The monoisotopic (exact) mass is 220 g/mol. The van der Waals surface area contributed by atoms with Crippen LogP contribution in [0.5, 0.6) is 0 Å². The first kappa shape index (κ1) is 11.4. The lowest BCUT2D eigenvalue weighted by Crippen LogP contribution is -2.28. The maximum absolute atomic E-state index is 12.0. The first-order valence-electron chi connectivity index (χ1n) is 6.19. The van der Waals surface area contributed by atoms with Crippen LogP contribution in [0.2, 0.25) is 0 Å². The number of rotatable bonds is 3. The van der Waals surface area contributed by atoms with Crippen LogP contribution < -0.4 is 11.3 Å². The number of nitrogens with two attached hydrogens (primary N) is 1. The zero-order chi connectivity index (χ0) is 11.4. The normalized spacial score (nSPS) is 17.6. The van der Waals surface area contributed by atoms with E-state index in [1.54, 1.807) is 0 Å². The van der Waals surface area contributed by atoms with E-state index in [0.717, 1.165) is 12.1 Å². The van der Waals surface area contributed by atoms with Gasteiger partial charge in [0.15, 0.2) is 0 Å². The molecule has 0 aromatic carbocycles. The van der Waals surface area contributed by atoms with E-state index in [-0.39, 0.29) is 5.56 Å². The summed E-state index contributed by atoms with van der Waals surface area (Å²) in [6, 6.07) is 3.74. The van der Waals surface area contributed by atoms with E-state index in [1.165, 1.54) is 32.1 Å². The van der Waals surface area contributed by atoms with Crippen molar-refractivity contribution in [1.82, 2.24) is 4.57 Å². The van der Waals surface area contributed by atoms with Crippen LogP contribution in [0.1, 0.15) is 37.7 Å². The van der Waals surface area contributed by atoms with Crippen molar-refractivity contribution in [1.29, 1.82) is 0 Å². The zero-order valence-corrected chi connectivity index (χ0v) is 9.69. The smallest absolute Gasteiger partial charge is 0.255 e. The lowest BCUT2D eigenvalue weighted by molar-refractivity contribution is 0.315. The molecule has 0 bridgehead atoms. The highest BCUT2D eigenvalue weighted by Crippen LogP contribution is 2.24. The summed E-state index contributed by atoms with van der Waals surface area (Å²) in [5, 5.41) is 0. The van der Waals surface area contributed by atoms with Gasteiger partial charge >= 0.3 is 0 Å². The minimum atomic E-state index is 0.0931. The molecular formula is C13H20N2O. The Morgan fingerprint density at radius 3 is 2.75 bits per heavy atom. The second kappa shape index (κ2) is 5.30. The first-order chi connectivity index (χ1) is 7.81. The molecule has 0 radical (unpaired) electrons. The van der Waals surface area contributed by atoms with Crippen molar-refractivity contribution < 1.29 is 0 Å². The maximum atomic E-state index is 12.0. The molecule has 2 N–H and O–H groups in total. The number of nitrogens with zero attached hydrogens (tertiary/aromatic N) is 1. The van der Waals surface area contributed by atoms with Crippen molar-refractivity contribution in [3.8, 4) is 0 Å². The van der Waals surface area contributed by atoms with Crippen LogP contribution in [-0.2, 0) is 13.1 Å². The Bertz CT molecular complexity index is 391. The Hall–Kier alpha value is -1.09. The Morgan fingerprint density at radius 2 is 2.06 bits per heavy atom. The predicted octanol–water partition coefficient (Wildman–Crippen LogP) is 1.89.